The second kappa shape index (κ2) is 5.07. The van der Waals surface area contributed by atoms with Crippen molar-refractivity contribution in [2.45, 2.75) is 6.18 Å². The summed E-state index contributed by atoms with van der Waals surface area (Å²) < 4.78 is 61.0. The quantitative estimate of drug-likeness (QED) is 0.826. The number of hydrogen-bond acceptors (Lipinski definition) is 3. The summed E-state index contributed by atoms with van der Waals surface area (Å²) in [6.45, 7) is -1.67. The van der Waals surface area contributed by atoms with Crippen LogP contribution in [-0.2, 0) is 10.2 Å². The van der Waals surface area contributed by atoms with Crippen LogP contribution in [-0.4, -0.2) is 26.1 Å². The molecule has 5 nitrogen and oxygen atoms in total. The van der Waals surface area contributed by atoms with E-state index in [0.717, 1.165) is 0 Å². The van der Waals surface area contributed by atoms with Gasteiger partial charge in [0, 0.05) is 6.20 Å². The Bertz CT molecular complexity index is 491. The molecule has 0 saturated heterocycles. The van der Waals surface area contributed by atoms with Gasteiger partial charge in [-0.2, -0.15) is 26.3 Å². The van der Waals surface area contributed by atoms with Crippen LogP contribution >= 0.6 is 11.6 Å². The number of nitrogens with one attached hydrogen (secondary N) is 2. The van der Waals surface area contributed by atoms with Crippen molar-refractivity contribution in [1.82, 2.24) is 9.71 Å². The number of anilines is 1. The van der Waals surface area contributed by atoms with Crippen LogP contribution in [0.25, 0.3) is 0 Å². The van der Waals surface area contributed by atoms with Crippen LogP contribution in [0.15, 0.2) is 18.3 Å². The molecule has 1 aromatic heterocycles. The van der Waals surface area contributed by atoms with Crippen molar-refractivity contribution in [2.24, 2.45) is 0 Å². The molecular formula is C7H7ClF3N3O2S. The summed E-state index contributed by atoms with van der Waals surface area (Å²) in [4.78, 5) is 3.56. The minimum Gasteiger partial charge on any atom is -0.268 e. The fraction of sp³-hybridized carbons (Fsp3) is 0.286. The van der Waals surface area contributed by atoms with Crippen LogP contribution in [0.2, 0.25) is 5.15 Å². The van der Waals surface area contributed by atoms with Gasteiger partial charge >= 0.3 is 6.18 Å². The molecular weight excluding hydrogens is 283 g/mol. The van der Waals surface area contributed by atoms with Crippen molar-refractivity contribution < 1.29 is 21.6 Å². The number of halogens is 4. The van der Waals surface area contributed by atoms with Crippen molar-refractivity contribution in [1.29, 1.82) is 0 Å². The lowest BCUT2D eigenvalue weighted by Gasteiger charge is -2.11. The fourth-order valence-corrected chi connectivity index (χ4v) is 1.92. The predicted octanol–water partition coefficient (Wildman–Crippen LogP) is 1.54. The van der Waals surface area contributed by atoms with Gasteiger partial charge in [0.05, 0.1) is 5.69 Å². The van der Waals surface area contributed by atoms with Gasteiger partial charge in [0.25, 0.3) is 10.2 Å². The molecule has 0 radical (unpaired) electrons. The maximum atomic E-state index is 11.8. The maximum absolute atomic E-state index is 11.8. The summed E-state index contributed by atoms with van der Waals surface area (Å²) in [6, 6.07) is 2.65. The molecule has 0 aromatic carbocycles. The van der Waals surface area contributed by atoms with Crippen LogP contribution in [0, 0.1) is 0 Å². The van der Waals surface area contributed by atoms with Crippen molar-refractivity contribution in [3.05, 3.63) is 23.5 Å². The van der Waals surface area contributed by atoms with Crippen LogP contribution in [0.5, 0.6) is 0 Å². The predicted molar refractivity (Wildman–Crippen MR) is 55.8 cm³/mol. The summed E-state index contributed by atoms with van der Waals surface area (Å²) in [6.07, 6.45) is -3.32. The summed E-state index contributed by atoms with van der Waals surface area (Å²) in [5, 5.41) is -0.162. The molecule has 0 saturated carbocycles. The van der Waals surface area contributed by atoms with Crippen LogP contribution < -0.4 is 9.44 Å². The first-order chi connectivity index (χ1) is 7.70. The lowest BCUT2D eigenvalue weighted by molar-refractivity contribution is -0.121. The Hall–Kier alpha value is -1.06. The molecule has 0 aliphatic heterocycles. The number of rotatable bonds is 4. The summed E-state index contributed by atoms with van der Waals surface area (Å²) in [5.41, 5.74) is -0.108. The standard InChI is InChI=1S/C7H7ClF3N3O2S/c8-6-5(2-1-3-12-6)14-17(15,16)13-4-7(9,10)11/h1-3,13-14H,4H2. The zero-order valence-electron chi connectivity index (χ0n) is 8.12. The number of nitrogens with zero attached hydrogens (tertiary/aromatic N) is 1. The van der Waals surface area contributed by atoms with E-state index in [0.29, 0.717) is 0 Å². The van der Waals surface area contributed by atoms with Gasteiger partial charge in [-0.3, -0.25) is 4.72 Å². The molecule has 0 spiro atoms. The maximum Gasteiger partial charge on any atom is 0.402 e. The first-order valence-electron chi connectivity index (χ1n) is 4.14. The largest absolute Gasteiger partial charge is 0.402 e. The van der Waals surface area contributed by atoms with Gasteiger partial charge < -0.3 is 0 Å². The van der Waals surface area contributed by atoms with Gasteiger partial charge in [0.15, 0.2) is 5.15 Å². The van der Waals surface area contributed by atoms with E-state index in [9.17, 15) is 21.6 Å². The number of pyridine rings is 1. The molecule has 0 aliphatic rings. The summed E-state index contributed by atoms with van der Waals surface area (Å²) in [7, 11) is -4.33. The van der Waals surface area contributed by atoms with Crippen molar-refractivity contribution >= 4 is 27.5 Å². The zero-order chi connectivity index (χ0) is 13.1. The van der Waals surface area contributed by atoms with Gasteiger partial charge in [0.2, 0.25) is 0 Å². The molecule has 0 fully saturated rings. The zero-order valence-corrected chi connectivity index (χ0v) is 9.70. The average Bonchev–Trinajstić information content (AvgIpc) is 2.18. The van der Waals surface area contributed by atoms with E-state index in [1.807, 2.05) is 4.72 Å². The molecule has 0 amide bonds. The first-order valence-corrected chi connectivity index (χ1v) is 6.00. The molecule has 17 heavy (non-hydrogen) atoms. The molecule has 0 aliphatic carbocycles. The average molecular weight is 290 g/mol. The smallest absolute Gasteiger partial charge is 0.268 e. The van der Waals surface area contributed by atoms with Crippen LogP contribution in [0.3, 0.4) is 0 Å². The highest BCUT2D eigenvalue weighted by atomic mass is 35.5. The third-order valence-electron chi connectivity index (χ3n) is 1.47. The second-order valence-corrected chi connectivity index (χ2v) is 4.74. The highest BCUT2D eigenvalue weighted by molar-refractivity contribution is 7.90. The number of hydrogen-bond donors (Lipinski definition) is 2. The Morgan fingerprint density at radius 3 is 2.59 bits per heavy atom. The van der Waals surface area contributed by atoms with E-state index >= 15 is 0 Å². The monoisotopic (exact) mass is 289 g/mol. The molecule has 10 heteroatoms. The Balaban J connectivity index is 2.71. The van der Waals surface area contributed by atoms with Crippen molar-refractivity contribution in [3.63, 3.8) is 0 Å². The van der Waals surface area contributed by atoms with E-state index in [1.165, 1.54) is 23.1 Å². The van der Waals surface area contributed by atoms with Gasteiger partial charge in [-0.15, -0.1) is 0 Å². The molecule has 1 heterocycles. The fourth-order valence-electron chi connectivity index (χ4n) is 0.820. The molecule has 2 N–H and O–H groups in total. The van der Waals surface area contributed by atoms with Gasteiger partial charge in [-0.1, -0.05) is 11.6 Å². The Labute approximate surface area is 100 Å². The summed E-state index contributed by atoms with van der Waals surface area (Å²) >= 11 is 5.53. The van der Waals surface area contributed by atoms with Gasteiger partial charge in [-0.25, -0.2) is 4.98 Å². The Morgan fingerprint density at radius 1 is 1.41 bits per heavy atom. The Kier molecular flexibility index (Phi) is 4.17. The van der Waals surface area contributed by atoms with E-state index in [-0.39, 0.29) is 10.8 Å². The van der Waals surface area contributed by atoms with Gasteiger partial charge in [-0.05, 0) is 12.1 Å². The first kappa shape index (κ1) is 14.0. The van der Waals surface area contributed by atoms with E-state index in [4.69, 9.17) is 11.6 Å². The highest BCUT2D eigenvalue weighted by Gasteiger charge is 2.29. The molecule has 0 unspecified atom stereocenters. The minimum absolute atomic E-state index is 0.108. The van der Waals surface area contributed by atoms with E-state index in [1.54, 1.807) is 0 Å². The molecule has 0 bridgehead atoms. The highest BCUT2D eigenvalue weighted by Crippen LogP contribution is 2.19. The second-order valence-electron chi connectivity index (χ2n) is 2.88. The Morgan fingerprint density at radius 2 is 2.06 bits per heavy atom. The number of aromatic nitrogens is 1. The minimum atomic E-state index is -4.63. The van der Waals surface area contributed by atoms with Crippen molar-refractivity contribution in [2.75, 3.05) is 11.3 Å². The normalized spacial score (nSPS) is 12.5. The third-order valence-corrected chi connectivity index (χ3v) is 2.78. The van der Waals surface area contributed by atoms with E-state index in [2.05, 4.69) is 4.98 Å². The lowest BCUT2D eigenvalue weighted by atomic mass is 10.4. The van der Waals surface area contributed by atoms with Crippen LogP contribution in [0.1, 0.15) is 0 Å². The molecule has 96 valence electrons. The third kappa shape index (κ3) is 5.20. The molecule has 1 rings (SSSR count). The summed E-state index contributed by atoms with van der Waals surface area (Å²) in [5.74, 6) is 0. The van der Waals surface area contributed by atoms with Crippen LogP contribution in [0.4, 0.5) is 18.9 Å². The van der Waals surface area contributed by atoms with Gasteiger partial charge in [0.1, 0.15) is 6.54 Å². The topological polar surface area (TPSA) is 71.1 Å². The SMILES string of the molecule is O=S(=O)(NCC(F)(F)F)Nc1cccnc1Cl. The molecule has 1 aromatic rings. The lowest BCUT2D eigenvalue weighted by Crippen LogP contribution is -2.37. The van der Waals surface area contributed by atoms with E-state index < -0.39 is 22.9 Å². The van der Waals surface area contributed by atoms with Crippen molar-refractivity contribution in [3.8, 4) is 0 Å². The number of alkyl halides is 3. The molecule has 0 atom stereocenters.